The van der Waals surface area contributed by atoms with Gasteiger partial charge in [0.25, 0.3) is 0 Å². The average Bonchev–Trinajstić information content (AvgIpc) is 3.07. The van der Waals surface area contributed by atoms with Crippen molar-refractivity contribution in [1.82, 2.24) is 4.90 Å². The van der Waals surface area contributed by atoms with E-state index in [1.165, 1.54) is 0 Å². The van der Waals surface area contributed by atoms with Crippen molar-refractivity contribution in [2.24, 2.45) is 11.8 Å². The molecule has 1 saturated carbocycles. The minimum absolute atomic E-state index is 0.0131. The van der Waals surface area contributed by atoms with Gasteiger partial charge in [-0.1, -0.05) is 37.3 Å². The molecule has 1 aromatic rings. The summed E-state index contributed by atoms with van der Waals surface area (Å²) < 4.78 is 0. The molecular weight excluding hydrogens is 290 g/mol. The first kappa shape index (κ1) is 15.9. The summed E-state index contributed by atoms with van der Waals surface area (Å²) in [4.78, 5) is 39.0. The second kappa shape index (κ2) is 6.65. The summed E-state index contributed by atoms with van der Waals surface area (Å²) in [5.41, 5.74) is 1.04. The molecule has 3 rings (SSSR count). The number of carbonyl (C=O) groups is 3. The molecule has 1 aliphatic heterocycles. The number of amides is 1. The highest BCUT2D eigenvalue weighted by Crippen LogP contribution is 2.38. The van der Waals surface area contributed by atoms with Crippen LogP contribution >= 0.6 is 0 Å². The number of hydrogen-bond donors (Lipinski definition) is 0. The maximum absolute atomic E-state index is 12.9. The third kappa shape index (κ3) is 3.21. The van der Waals surface area contributed by atoms with Gasteiger partial charge in [0, 0.05) is 31.8 Å². The van der Waals surface area contributed by atoms with Crippen LogP contribution in [0.15, 0.2) is 30.3 Å². The van der Waals surface area contributed by atoms with E-state index < -0.39 is 0 Å². The van der Waals surface area contributed by atoms with E-state index in [0.29, 0.717) is 0 Å². The number of Topliss-reactive ketones (excluding diaryl/α,β-unsaturated/α-hetero) is 2. The molecule has 1 saturated heterocycles. The van der Waals surface area contributed by atoms with Crippen LogP contribution in [-0.4, -0.2) is 35.5 Å². The third-order valence-corrected chi connectivity index (χ3v) is 5.35. The van der Waals surface area contributed by atoms with Gasteiger partial charge in [0.2, 0.25) is 5.91 Å². The predicted octanol–water partition coefficient (Wildman–Crippen LogP) is 2.58. The number of nitrogens with zero attached hydrogens (tertiary/aromatic N) is 1. The van der Waals surface area contributed by atoms with Crippen molar-refractivity contribution < 1.29 is 14.4 Å². The highest BCUT2D eigenvalue weighted by molar-refractivity contribution is 6.37. The first-order valence-corrected chi connectivity index (χ1v) is 8.47. The van der Waals surface area contributed by atoms with Crippen LogP contribution < -0.4 is 0 Å². The molecule has 1 aliphatic carbocycles. The van der Waals surface area contributed by atoms with Crippen LogP contribution in [0.4, 0.5) is 0 Å². The Labute approximate surface area is 136 Å². The van der Waals surface area contributed by atoms with Gasteiger partial charge < -0.3 is 4.90 Å². The van der Waals surface area contributed by atoms with Gasteiger partial charge in [-0.05, 0) is 30.2 Å². The average molecular weight is 313 g/mol. The Bertz CT molecular complexity index is 604. The first-order chi connectivity index (χ1) is 11.1. The van der Waals surface area contributed by atoms with Gasteiger partial charge in [-0.15, -0.1) is 0 Å². The lowest BCUT2D eigenvalue weighted by atomic mass is 9.77. The Morgan fingerprint density at radius 3 is 2.26 bits per heavy atom. The van der Waals surface area contributed by atoms with Crippen molar-refractivity contribution in [1.29, 1.82) is 0 Å². The molecule has 0 N–H and O–H groups in total. The number of benzene rings is 1. The maximum atomic E-state index is 12.9. The number of rotatable bonds is 2. The Kier molecular flexibility index (Phi) is 4.60. The van der Waals surface area contributed by atoms with Gasteiger partial charge in [0.15, 0.2) is 11.6 Å². The van der Waals surface area contributed by atoms with E-state index in [2.05, 4.69) is 0 Å². The third-order valence-electron chi connectivity index (χ3n) is 5.35. The van der Waals surface area contributed by atoms with Crippen molar-refractivity contribution in [3.63, 3.8) is 0 Å². The summed E-state index contributed by atoms with van der Waals surface area (Å²) in [7, 11) is 0. The fourth-order valence-corrected chi connectivity index (χ4v) is 3.89. The SMILES string of the molecule is C[C@H]1[C@@H](C(=O)N2CCCC2)CC(=O)C(=O)C[C@@H]1c1ccccc1. The van der Waals surface area contributed by atoms with E-state index in [9.17, 15) is 14.4 Å². The van der Waals surface area contributed by atoms with E-state index in [4.69, 9.17) is 0 Å². The van der Waals surface area contributed by atoms with Crippen molar-refractivity contribution in [2.75, 3.05) is 13.1 Å². The Morgan fingerprint density at radius 1 is 1.00 bits per heavy atom. The molecule has 122 valence electrons. The number of carbonyl (C=O) groups excluding carboxylic acids is 3. The van der Waals surface area contributed by atoms with Crippen molar-refractivity contribution in [2.45, 2.75) is 38.5 Å². The second-order valence-electron chi connectivity index (χ2n) is 6.77. The molecule has 1 aromatic carbocycles. The lowest BCUT2D eigenvalue weighted by molar-refractivity contribution is -0.140. The molecule has 1 heterocycles. The van der Waals surface area contributed by atoms with Crippen LogP contribution in [0, 0.1) is 11.8 Å². The molecule has 2 aliphatic rings. The van der Waals surface area contributed by atoms with Crippen LogP contribution in [0.5, 0.6) is 0 Å². The van der Waals surface area contributed by atoms with Gasteiger partial charge in [0.05, 0.1) is 0 Å². The fraction of sp³-hybridized carbons (Fsp3) is 0.526. The zero-order chi connectivity index (χ0) is 16.4. The van der Waals surface area contributed by atoms with Gasteiger partial charge in [0.1, 0.15) is 0 Å². The highest BCUT2D eigenvalue weighted by Gasteiger charge is 2.41. The normalized spacial score (nSPS) is 28.7. The molecule has 1 amide bonds. The van der Waals surface area contributed by atoms with Crippen LogP contribution in [0.2, 0.25) is 0 Å². The fourth-order valence-electron chi connectivity index (χ4n) is 3.89. The van der Waals surface area contributed by atoms with Gasteiger partial charge >= 0.3 is 0 Å². The van der Waals surface area contributed by atoms with Crippen LogP contribution in [0.3, 0.4) is 0 Å². The monoisotopic (exact) mass is 313 g/mol. The largest absolute Gasteiger partial charge is 0.342 e. The van der Waals surface area contributed by atoms with Crippen molar-refractivity contribution >= 4 is 17.5 Å². The molecular formula is C19H23NO3. The summed E-state index contributed by atoms with van der Waals surface area (Å²) in [6, 6.07) is 9.79. The predicted molar refractivity (Wildman–Crippen MR) is 86.9 cm³/mol. The lowest BCUT2D eigenvalue weighted by Crippen LogP contribution is -2.38. The molecule has 0 aromatic heterocycles. The summed E-state index contributed by atoms with van der Waals surface area (Å²) >= 11 is 0. The van der Waals surface area contributed by atoms with Gasteiger partial charge in [-0.25, -0.2) is 0 Å². The zero-order valence-electron chi connectivity index (χ0n) is 13.5. The minimum Gasteiger partial charge on any atom is -0.342 e. The molecule has 4 heteroatoms. The molecule has 0 bridgehead atoms. The van der Waals surface area contributed by atoms with Crippen molar-refractivity contribution in [3.8, 4) is 0 Å². The standard InChI is InChI=1S/C19H23NO3/c1-13-15(14-7-3-2-4-8-14)11-17(21)18(22)12-16(13)19(23)20-9-5-6-10-20/h2-4,7-8,13,15-16H,5-6,9-12H2,1H3/t13-,15+,16+/m1/s1. The van der Waals surface area contributed by atoms with Crippen LogP contribution in [-0.2, 0) is 14.4 Å². The Hall–Kier alpha value is -1.97. The molecule has 23 heavy (non-hydrogen) atoms. The smallest absolute Gasteiger partial charge is 0.226 e. The van der Waals surface area contributed by atoms with Gasteiger partial charge in [-0.2, -0.15) is 0 Å². The quantitative estimate of drug-likeness (QED) is 0.623. The first-order valence-electron chi connectivity index (χ1n) is 8.47. The summed E-state index contributed by atoms with van der Waals surface area (Å²) in [5.74, 6) is -1.11. The highest BCUT2D eigenvalue weighted by atomic mass is 16.2. The summed E-state index contributed by atoms with van der Waals surface area (Å²) in [5, 5.41) is 0. The van der Waals surface area contributed by atoms with Crippen LogP contribution in [0.1, 0.15) is 44.1 Å². The maximum Gasteiger partial charge on any atom is 0.226 e. The van der Waals surface area contributed by atoms with E-state index in [-0.39, 0.29) is 48.1 Å². The molecule has 4 nitrogen and oxygen atoms in total. The summed E-state index contributed by atoms with van der Waals surface area (Å²) in [6.07, 6.45) is 2.34. The molecule has 2 fully saturated rings. The van der Waals surface area contributed by atoms with Crippen molar-refractivity contribution in [3.05, 3.63) is 35.9 Å². The number of hydrogen-bond acceptors (Lipinski definition) is 3. The topological polar surface area (TPSA) is 54.5 Å². The lowest BCUT2D eigenvalue weighted by Gasteiger charge is -2.30. The van der Waals surface area contributed by atoms with E-state index in [0.717, 1.165) is 31.5 Å². The molecule has 0 unspecified atom stereocenters. The summed E-state index contributed by atoms with van der Waals surface area (Å²) in [6.45, 7) is 3.57. The van der Waals surface area contributed by atoms with Crippen LogP contribution in [0.25, 0.3) is 0 Å². The minimum atomic E-state index is -0.382. The molecule has 0 spiro atoms. The van der Waals surface area contributed by atoms with E-state index >= 15 is 0 Å². The zero-order valence-corrected chi connectivity index (χ0v) is 13.5. The Balaban J connectivity index is 1.90. The van der Waals surface area contributed by atoms with E-state index in [1.807, 2.05) is 42.2 Å². The van der Waals surface area contributed by atoms with Gasteiger partial charge in [-0.3, -0.25) is 14.4 Å². The number of ketones is 2. The second-order valence-corrected chi connectivity index (χ2v) is 6.77. The van der Waals surface area contributed by atoms with E-state index in [1.54, 1.807) is 0 Å². The molecule has 0 radical (unpaired) electrons. The number of likely N-dealkylation sites (tertiary alicyclic amines) is 1. The Morgan fingerprint density at radius 2 is 1.61 bits per heavy atom. The molecule has 3 atom stereocenters.